The van der Waals surface area contributed by atoms with E-state index in [0.29, 0.717) is 6.42 Å². The molecule has 1 amide bonds. The highest BCUT2D eigenvalue weighted by atomic mass is 16.3. The fourth-order valence-electron chi connectivity index (χ4n) is 6.31. The van der Waals surface area contributed by atoms with Crippen LogP contribution in [0.3, 0.4) is 0 Å². The fraction of sp³-hybridized carbons (Fsp3) is 0.841. The summed E-state index contributed by atoms with van der Waals surface area (Å²) in [7, 11) is 0. The summed E-state index contributed by atoms with van der Waals surface area (Å²) in [6.45, 7) is 4.19. The lowest BCUT2D eigenvalue weighted by Gasteiger charge is -2.19. The second-order valence-corrected chi connectivity index (χ2v) is 14.4. The molecule has 0 aliphatic heterocycles. The quantitative estimate of drug-likeness (QED) is 0.0451. The molecule has 0 radical (unpaired) electrons. The smallest absolute Gasteiger partial charge is 0.220 e. The number of rotatable bonds is 38. The van der Waals surface area contributed by atoms with E-state index in [0.717, 1.165) is 38.5 Å². The van der Waals surface area contributed by atoms with Crippen LogP contribution in [0.4, 0.5) is 0 Å². The van der Waals surface area contributed by atoms with Crippen LogP contribution >= 0.6 is 0 Å². The molecule has 0 aromatic rings. The van der Waals surface area contributed by atoms with Crippen molar-refractivity contribution >= 4 is 5.91 Å². The van der Waals surface area contributed by atoms with E-state index in [4.69, 9.17) is 0 Å². The lowest BCUT2D eigenvalue weighted by atomic mass is 10.0. The first kappa shape index (κ1) is 46.6. The Labute approximate surface area is 300 Å². The number of amides is 1. The molecule has 0 aliphatic rings. The highest BCUT2D eigenvalue weighted by molar-refractivity contribution is 5.76. The maximum absolute atomic E-state index is 12.3. The lowest BCUT2D eigenvalue weighted by Crippen LogP contribution is -2.45. The number of carbonyl (C=O) groups excluding carboxylic acids is 1. The van der Waals surface area contributed by atoms with Crippen LogP contribution in [-0.2, 0) is 4.79 Å². The number of unbranched alkanes of at least 4 members (excludes halogenated alkanes) is 27. The Morgan fingerprint density at radius 3 is 1.29 bits per heavy atom. The van der Waals surface area contributed by atoms with Gasteiger partial charge < -0.3 is 15.5 Å². The van der Waals surface area contributed by atoms with Gasteiger partial charge in [-0.05, 0) is 51.4 Å². The van der Waals surface area contributed by atoms with Crippen molar-refractivity contribution < 1.29 is 15.0 Å². The van der Waals surface area contributed by atoms with Gasteiger partial charge in [-0.2, -0.15) is 0 Å². The van der Waals surface area contributed by atoms with Crippen LogP contribution < -0.4 is 5.32 Å². The van der Waals surface area contributed by atoms with Crippen molar-refractivity contribution in [1.29, 1.82) is 0 Å². The molecule has 2 atom stereocenters. The van der Waals surface area contributed by atoms with Gasteiger partial charge in [-0.3, -0.25) is 4.79 Å². The van der Waals surface area contributed by atoms with Gasteiger partial charge in [0.1, 0.15) is 0 Å². The second-order valence-electron chi connectivity index (χ2n) is 14.4. The Hall–Kier alpha value is -1.39. The van der Waals surface area contributed by atoms with Crippen molar-refractivity contribution in [2.24, 2.45) is 0 Å². The van der Waals surface area contributed by atoms with Crippen LogP contribution in [0.25, 0.3) is 0 Å². The summed E-state index contributed by atoms with van der Waals surface area (Å²) in [6, 6.07) is -0.633. The Morgan fingerprint density at radius 1 is 0.479 bits per heavy atom. The molecule has 0 aromatic carbocycles. The fourth-order valence-corrected chi connectivity index (χ4v) is 6.31. The van der Waals surface area contributed by atoms with Crippen molar-refractivity contribution in [2.45, 2.75) is 231 Å². The minimum absolute atomic E-state index is 0.0771. The number of carbonyl (C=O) groups is 1. The predicted octanol–water partition coefficient (Wildman–Crippen LogP) is 13.0. The van der Waals surface area contributed by atoms with Crippen molar-refractivity contribution in [1.82, 2.24) is 5.32 Å². The summed E-state index contributed by atoms with van der Waals surface area (Å²) < 4.78 is 0. The average Bonchev–Trinajstić information content (AvgIpc) is 3.09. The van der Waals surface area contributed by atoms with E-state index in [1.54, 1.807) is 6.08 Å². The van der Waals surface area contributed by atoms with E-state index in [9.17, 15) is 15.0 Å². The van der Waals surface area contributed by atoms with E-state index < -0.39 is 12.1 Å². The normalized spacial score (nSPS) is 13.3. The number of allylic oxidation sites excluding steroid dienone is 5. The van der Waals surface area contributed by atoms with Crippen molar-refractivity contribution in [2.75, 3.05) is 6.61 Å². The average molecular weight is 674 g/mol. The van der Waals surface area contributed by atoms with Gasteiger partial charge in [-0.25, -0.2) is 0 Å². The Balaban J connectivity index is 3.40. The monoisotopic (exact) mass is 674 g/mol. The molecule has 2 unspecified atom stereocenters. The Morgan fingerprint density at radius 2 is 0.854 bits per heavy atom. The van der Waals surface area contributed by atoms with Gasteiger partial charge in [0, 0.05) is 6.42 Å². The number of aliphatic hydroxyl groups excluding tert-OH is 2. The molecule has 4 heteroatoms. The highest BCUT2D eigenvalue weighted by Crippen LogP contribution is 2.15. The van der Waals surface area contributed by atoms with Gasteiger partial charge in [0.15, 0.2) is 0 Å². The summed E-state index contributed by atoms with van der Waals surface area (Å²) in [5.74, 6) is -0.0771. The Bertz CT molecular complexity index is 731. The molecular weight excluding hydrogens is 590 g/mol. The molecular formula is C44H83NO3. The van der Waals surface area contributed by atoms with Crippen molar-refractivity contribution in [3.63, 3.8) is 0 Å². The molecule has 0 saturated heterocycles. The SMILES string of the molecule is CCC/C=C/CC/C=C/C(O)C(CO)NC(=O)CCCCCCCCCCCCCCCCCCC/C=C\CCCCCCCCCC. The van der Waals surface area contributed by atoms with E-state index in [1.165, 1.54) is 161 Å². The molecule has 3 N–H and O–H groups in total. The van der Waals surface area contributed by atoms with Gasteiger partial charge in [-0.15, -0.1) is 0 Å². The van der Waals surface area contributed by atoms with Crippen LogP contribution in [0.1, 0.15) is 219 Å². The third-order valence-corrected chi connectivity index (χ3v) is 9.58. The van der Waals surface area contributed by atoms with E-state index >= 15 is 0 Å². The summed E-state index contributed by atoms with van der Waals surface area (Å²) in [4.78, 5) is 12.3. The molecule has 0 saturated carbocycles. The molecule has 48 heavy (non-hydrogen) atoms. The van der Waals surface area contributed by atoms with Gasteiger partial charge in [0.05, 0.1) is 18.8 Å². The standard InChI is InChI=1S/C44H83NO3/c1-3-5-7-9-11-12-13-14-15-16-17-18-19-20-21-22-23-24-25-26-27-28-29-30-31-32-34-36-38-40-44(48)45-42(41-46)43(47)39-37-35-33-10-8-6-4-2/h8,10,16-17,37,39,42-43,46-47H,3-7,9,11-15,18-36,38,40-41H2,1-2H3,(H,45,48)/b10-8+,17-16-,39-37+. The molecule has 0 spiro atoms. The highest BCUT2D eigenvalue weighted by Gasteiger charge is 2.17. The van der Waals surface area contributed by atoms with E-state index in [1.807, 2.05) is 6.08 Å². The van der Waals surface area contributed by atoms with E-state index in [-0.39, 0.29) is 12.5 Å². The van der Waals surface area contributed by atoms with Gasteiger partial charge in [0.2, 0.25) is 5.91 Å². The topological polar surface area (TPSA) is 69.6 Å². The predicted molar refractivity (Wildman–Crippen MR) is 212 cm³/mol. The van der Waals surface area contributed by atoms with Crippen LogP contribution in [0.2, 0.25) is 0 Å². The first-order valence-corrected chi connectivity index (χ1v) is 21.2. The van der Waals surface area contributed by atoms with Crippen LogP contribution in [0.15, 0.2) is 36.5 Å². The number of aliphatic hydroxyl groups is 2. The van der Waals surface area contributed by atoms with Crippen LogP contribution in [0, 0.1) is 0 Å². The van der Waals surface area contributed by atoms with Gasteiger partial charge in [0.25, 0.3) is 0 Å². The first-order chi connectivity index (χ1) is 23.7. The summed E-state index contributed by atoms with van der Waals surface area (Å²) in [5.41, 5.74) is 0. The second kappa shape index (κ2) is 40.0. The summed E-state index contributed by atoms with van der Waals surface area (Å²) in [6.07, 6.45) is 52.9. The maximum atomic E-state index is 12.3. The number of hydrogen-bond donors (Lipinski definition) is 3. The summed E-state index contributed by atoms with van der Waals surface area (Å²) in [5, 5.41) is 22.7. The third kappa shape index (κ3) is 35.9. The molecule has 4 nitrogen and oxygen atoms in total. The van der Waals surface area contributed by atoms with Gasteiger partial charge in [-0.1, -0.05) is 198 Å². The molecule has 282 valence electrons. The molecule has 0 aliphatic carbocycles. The summed E-state index contributed by atoms with van der Waals surface area (Å²) >= 11 is 0. The number of hydrogen-bond acceptors (Lipinski definition) is 3. The number of nitrogens with one attached hydrogen (secondary N) is 1. The van der Waals surface area contributed by atoms with Crippen LogP contribution in [-0.4, -0.2) is 34.9 Å². The lowest BCUT2D eigenvalue weighted by molar-refractivity contribution is -0.123. The molecule has 0 fully saturated rings. The van der Waals surface area contributed by atoms with Crippen LogP contribution in [0.5, 0.6) is 0 Å². The minimum atomic E-state index is -0.856. The van der Waals surface area contributed by atoms with Gasteiger partial charge >= 0.3 is 0 Å². The Kier molecular flexibility index (Phi) is 38.9. The minimum Gasteiger partial charge on any atom is -0.394 e. The zero-order valence-electron chi connectivity index (χ0n) is 32.3. The maximum Gasteiger partial charge on any atom is 0.220 e. The first-order valence-electron chi connectivity index (χ1n) is 21.2. The molecule has 0 rings (SSSR count). The van der Waals surface area contributed by atoms with Crippen molar-refractivity contribution in [3.8, 4) is 0 Å². The largest absolute Gasteiger partial charge is 0.394 e. The molecule has 0 heterocycles. The van der Waals surface area contributed by atoms with E-state index in [2.05, 4.69) is 43.5 Å². The third-order valence-electron chi connectivity index (χ3n) is 9.58. The zero-order valence-corrected chi connectivity index (χ0v) is 32.3. The molecule has 0 aromatic heterocycles. The molecule has 0 bridgehead atoms. The van der Waals surface area contributed by atoms with Crippen molar-refractivity contribution in [3.05, 3.63) is 36.5 Å². The zero-order chi connectivity index (χ0) is 35.0.